The van der Waals surface area contributed by atoms with Gasteiger partial charge in [-0.25, -0.2) is 0 Å². The van der Waals surface area contributed by atoms with Gasteiger partial charge in [0.15, 0.2) is 23.0 Å². The van der Waals surface area contributed by atoms with Gasteiger partial charge in [-0.3, -0.25) is 19.2 Å². The Kier molecular flexibility index (Phi) is 9.12. The maximum absolute atomic E-state index is 11.6. The predicted molar refractivity (Wildman–Crippen MR) is 126 cm³/mol. The van der Waals surface area contributed by atoms with Crippen LogP contribution in [0, 0.1) is 0 Å². The largest absolute Gasteiger partial charge is 0.423 e. The third kappa shape index (κ3) is 7.03. The van der Waals surface area contributed by atoms with E-state index >= 15 is 0 Å². The van der Waals surface area contributed by atoms with Crippen LogP contribution in [-0.4, -0.2) is 23.9 Å². The molecule has 0 aromatic heterocycles. The van der Waals surface area contributed by atoms with Gasteiger partial charge in [-0.15, -0.1) is 0 Å². The first-order chi connectivity index (χ1) is 16.0. The molecule has 0 fully saturated rings. The summed E-state index contributed by atoms with van der Waals surface area (Å²) in [6.07, 6.45) is 1.26. The number of carbonyl (C=O) groups excluding carboxylic acids is 4. The fourth-order valence-electron chi connectivity index (χ4n) is 3.52. The molecule has 0 N–H and O–H groups in total. The lowest BCUT2D eigenvalue weighted by Crippen LogP contribution is -2.08. The molecule has 34 heavy (non-hydrogen) atoms. The maximum Gasteiger partial charge on any atom is 0.308 e. The van der Waals surface area contributed by atoms with E-state index in [2.05, 4.69) is 0 Å². The molecule has 0 aliphatic carbocycles. The highest BCUT2D eigenvalue weighted by molar-refractivity contribution is 5.92. The lowest BCUT2D eigenvalue weighted by Gasteiger charge is -2.17. The number of benzene rings is 2. The van der Waals surface area contributed by atoms with E-state index in [4.69, 9.17) is 18.9 Å². The summed E-state index contributed by atoms with van der Waals surface area (Å²) in [5.41, 5.74) is 3.42. The third-order valence-electron chi connectivity index (χ3n) is 4.67. The summed E-state index contributed by atoms with van der Waals surface area (Å²) in [6.45, 7) is 9.02. The van der Waals surface area contributed by atoms with Crippen molar-refractivity contribution in [3.63, 3.8) is 0 Å². The smallest absolute Gasteiger partial charge is 0.308 e. The zero-order valence-electron chi connectivity index (χ0n) is 20.1. The zero-order chi connectivity index (χ0) is 25.4. The van der Waals surface area contributed by atoms with Crippen molar-refractivity contribution >= 4 is 35.0 Å². The summed E-state index contributed by atoms with van der Waals surface area (Å²) >= 11 is 0. The van der Waals surface area contributed by atoms with Crippen LogP contribution in [0.15, 0.2) is 36.4 Å². The van der Waals surface area contributed by atoms with Gasteiger partial charge in [0.1, 0.15) is 0 Å². The Labute approximate surface area is 198 Å². The van der Waals surface area contributed by atoms with Crippen molar-refractivity contribution in [3.05, 3.63) is 47.5 Å². The molecule has 0 bridgehead atoms. The van der Waals surface area contributed by atoms with Gasteiger partial charge < -0.3 is 18.9 Å². The molecule has 180 valence electrons. The average molecular weight is 469 g/mol. The molecule has 0 heterocycles. The molecule has 0 unspecified atom stereocenters. The van der Waals surface area contributed by atoms with Crippen molar-refractivity contribution in [2.24, 2.45) is 0 Å². The number of carbonyl (C=O) groups is 4. The summed E-state index contributed by atoms with van der Waals surface area (Å²) in [6, 6.07) is 10.0. The summed E-state index contributed by atoms with van der Waals surface area (Å²) in [5.74, 6) is -1.61. The van der Waals surface area contributed by atoms with Crippen molar-refractivity contribution in [1.29, 1.82) is 0 Å². The number of ether oxygens (including phenoxy) is 4. The summed E-state index contributed by atoms with van der Waals surface area (Å²) in [4.78, 5) is 46.0. The molecule has 8 nitrogen and oxygen atoms in total. The Bertz CT molecular complexity index is 1050. The molecule has 0 aliphatic heterocycles. The lowest BCUT2D eigenvalue weighted by atomic mass is 9.91. The summed E-state index contributed by atoms with van der Waals surface area (Å²) in [7, 11) is 0. The van der Waals surface area contributed by atoms with Crippen LogP contribution in [0.25, 0.3) is 11.1 Å². The molecule has 0 amide bonds. The normalized spacial score (nSPS) is 11.2. The van der Waals surface area contributed by atoms with Crippen LogP contribution in [0.1, 0.15) is 65.5 Å². The van der Waals surface area contributed by atoms with Crippen LogP contribution in [0.2, 0.25) is 0 Å². The number of esters is 4. The van der Waals surface area contributed by atoms with Crippen LogP contribution >= 0.6 is 0 Å². The number of allylic oxidation sites excluding steroid dienone is 2. The van der Waals surface area contributed by atoms with Crippen molar-refractivity contribution in [2.75, 3.05) is 0 Å². The standard InChI is InChI=1S/C26H28O8/c1-7-21(19-9-11-23(31-15(3)27)25(13-19)33-17(5)29)22(8-2)20-10-12-24(32-16(4)28)26(14-20)34-18(6)30/h9-14H,7-8H2,1-6H3. The topological polar surface area (TPSA) is 105 Å². The second-order valence-electron chi connectivity index (χ2n) is 7.36. The van der Waals surface area contributed by atoms with Crippen molar-refractivity contribution in [3.8, 4) is 23.0 Å². The van der Waals surface area contributed by atoms with E-state index < -0.39 is 23.9 Å². The van der Waals surface area contributed by atoms with Crippen LogP contribution in [0.5, 0.6) is 23.0 Å². The first kappa shape index (κ1) is 26.3. The minimum Gasteiger partial charge on any atom is -0.423 e. The molecule has 0 atom stereocenters. The Morgan fingerprint density at radius 2 is 0.824 bits per heavy atom. The molecule has 0 saturated heterocycles. The van der Waals surface area contributed by atoms with Gasteiger partial charge in [-0.1, -0.05) is 26.0 Å². The quantitative estimate of drug-likeness (QED) is 0.299. The first-order valence-electron chi connectivity index (χ1n) is 10.8. The van der Waals surface area contributed by atoms with E-state index in [1.54, 1.807) is 36.4 Å². The number of rotatable bonds is 8. The van der Waals surface area contributed by atoms with Crippen LogP contribution in [-0.2, 0) is 19.2 Å². The van der Waals surface area contributed by atoms with Gasteiger partial charge in [0.25, 0.3) is 0 Å². The van der Waals surface area contributed by atoms with Gasteiger partial charge in [0.05, 0.1) is 0 Å². The first-order valence-corrected chi connectivity index (χ1v) is 10.8. The van der Waals surface area contributed by atoms with E-state index in [9.17, 15) is 19.2 Å². The molecule has 0 radical (unpaired) electrons. The highest BCUT2D eigenvalue weighted by atomic mass is 16.6. The van der Waals surface area contributed by atoms with E-state index in [-0.39, 0.29) is 23.0 Å². The molecular formula is C26H28O8. The monoisotopic (exact) mass is 468 g/mol. The fourth-order valence-corrected chi connectivity index (χ4v) is 3.52. The van der Waals surface area contributed by atoms with Gasteiger partial charge in [-0.2, -0.15) is 0 Å². The van der Waals surface area contributed by atoms with Gasteiger partial charge >= 0.3 is 23.9 Å². The van der Waals surface area contributed by atoms with Crippen molar-refractivity contribution < 1.29 is 38.1 Å². The SMILES string of the molecule is CCC(=C(CC)c1ccc(OC(C)=O)c(OC(C)=O)c1)c1ccc(OC(C)=O)c(OC(C)=O)c1. The van der Waals surface area contributed by atoms with Crippen molar-refractivity contribution in [1.82, 2.24) is 0 Å². The Morgan fingerprint density at radius 1 is 0.529 bits per heavy atom. The van der Waals surface area contributed by atoms with E-state index in [0.717, 1.165) is 22.3 Å². The second-order valence-corrected chi connectivity index (χ2v) is 7.36. The molecule has 0 saturated carbocycles. The van der Waals surface area contributed by atoms with Crippen LogP contribution in [0.3, 0.4) is 0 Å². The molecular weight excluding hydrogens is 440 g/mol. The average Bonchev–Trinajstić information content (AvgIpc) is 2.73. The molecule has 0 spiro atoms. The van der Waals surface area contributed by atoms with Gasteiger partial charge in [0.2, 0.25) is 0 Å². The zero-order valence-corrected chi connectivity index (χ0v) is 20.1. The molecule has 2 aromatic rings. The van der Waals surface area contributed by atoms with Gasteiger partial charge in [-0.05, 0) is 59.4 Å². The van der Waals surface area contributed by atoms with E-state index in [0.29, 0.717) is 12.8 Å². The summed E-state index contributed by atoms with van der Waals surface area (Å²) in [5, 5.41) is 0. The van der Waals surface area contributed by atoms with Crippen LogP contribution < -0.4 is 18.9 Å². The van der Waals surface area contributed by atoms with E-state index in [1.807, 2.05) is 13.8 Å². The fraction of sp³-hybridized carbons (Fsp3) is 0.308. The highest BCUT2D eigenvalue weighted by Crippen LogP contribution is 2.39. The molecule has 0 aliphatic rings. The Balaban J connectivity index is 2.66. The number of hydrogen-bond donors (Lipinski definition) is 0. The number of hydrogen-bond acceptors (Lipinski definition) is 8. The predicted octanol–water partition coefficient (Wildman–Crippen LogP) is 5.12. The Morgan fingerprint density at radius 3 is 1.09 bits per heavy atom. The minimum atomic E-state index is -0.546. The van der Waals surface area contributed by atoms with E-state index in [1.165, 1.54) is 27.7 Å². The summed E-state index contributed by atoms with van der Waals surface area (Å²) < 4.78 is 20.9. The Hall–Kier alpha value is -3.94. The van der Waals surface area contributed by atoms with Crippen molar-refractivity contribution in [2.45, 2.75) is 54.4 Å². The van der Waals surface area contributed by atoms with Gasteiger partial charge in [0, 0.05) is 27.7 Å². The lowest BCUT2D eigenvalue weighted by molar-refractivity contribution is -0.134. The highest BCUT2D eigenvalue weighted by Gasteiger charge is 2.17. The molecule has 2 rings (SSSR count). The maximum atomic E-state index is 11.6. The molecule has 2 aromatic carbocycles. The molecule has 8 heteroatoms. The minimum absolute atomic E-state index is 0.132. The van der Waals surface area contributed by atoms with Crippen LogP contribution in [0.4, 0.5) is 0 Å². The second kappa shape index (κ2) is 11.8. The third-order valence-corrected chi connectivity index (χ3v) is 4.67.